The van der Waals surface area contributed by atoms with Crippen molar-refractivity contribution in [3.05, 3.63) is 36.5 Å². The zero-order valence-corrected chi connectivity index (χ0v) is 59.4. The summed E-state index contributed by atoms with van der Waals surface area (Å²) in [4.78, 5) is 13.4. The molecular formula is C76H141NO18. The standard InChI is InChI=1S/C76H141NO18/c1-3-5-7-9-11-13-14-15-16-17-18-19-20-21-22-23-24-25-26-27-28-29-30-31-32-33-34-35-36-37-38-39-40-41-42-43-44-46-48-50-52-54-64(82)77-59(60(81)53-51-49-47-45-12-10-8-6-4-2)58-90-74-70(88)67(85)72(62(56-79)92-74)95-76-71(89)68(86)73(63(57-80)93-76)94-75-69(87)66(84)65(83)61(55-78)91-75/h14-15,17-18,20-21,59-63,65-76,78-81,83-89H,3-13,16,19,22-58H2,1-2H3,(H,77,82)/b15-14-,18-17-,21-20-. The van der Waals surface area contributed by atoms with Gasteiger partial charge in [0.2, 0.25) is 5.91 Å². The molecule has 3 rings (SSSR count). The van der Waals surface area contributed by atoms with Crippen LogP contribution in [0.25, 0.3) is 0 Å². The molecule has 3 saturated heterocycles. The van der Waals surface area contributed by atoms with E-state index >= 15 is 0 Å². The summed E-state index contributed by atoms with van der Waals surface area (Å²) >= 11 is 0. The van der Waals surface area contributed by atoms with Gasteiger partial charge in [0.1, 0.15) is 73.2 Å². The topological polar surface area (TPSA) is 307 Å². The molecule has 17 atom stereocenters. The summed E-state index contributed by atoms with van der Waals surface area (Å²) in [5.41, 5.74) is 0. The first-order chi connectivity index (χ1) is 46.3. The smallest absolute Gasteiger partial charge is 0.220 e. The molecule has 3 heterocycles. The lowest BCUT2D eigenvalue weighted by atomic mass is 9.96. The summed E-state index contributed by atoms with van der Waals surface area (Å²) in [5, 5.41) is 120. The molecule has 3 fully saturated rings. The van der Waals surface area contributed by atoms with Crippen molar-refractivity contribution in [1.82, 2.24) is 5.32 Å². The number of rotatable bonds is 61. The fourth-order valence-corrected chi connectivity index (χ4v) is 13.2. The van der Waals surface area contributed by atoms with Gasteiger partial charge in [-0.15, -0.1) is 0 Å². The van der Waals surface area contributed by atoms with Gasteiger partial charge in [-0.05, 0) is 51.4 Å². The Kier molecular flexibility index (Phi) is 52.9. The lowest BCUT2D eigenvalue weighted by molar-refractivity contribution is -0.379. The molecule has 19 heteroatoms. The molecule has 3 aliphatic heterocycles. The summed E-state index contributed by atoms with van der Waals surface area (Å²) in [6, 6.07) is -0.883. The summed E-state index contributed by atoms with van der Waals surface area (Å²) in [6.45, 7) is 1.77. The Hall–Kier alpha value is -1.99. The maximum atomic E-state index is 13.4. The number of unbranched alkanes of at least 4 members (excludes halogenated alkanes) is 39. The molecule has 19 nitrogen and oxygen atoms in total. The van der Waals surface area contributed by atoms with Crippen LogP contribution in [0.3, 0.4) is 0 Å². The molecule has 0 spiro atoms. The van der Waals surface area contributed by atoms with E-state index in [2.05, 4.69) is 55.6 Å². The Morgan fingerprint density at radius 2 is 0.695 bits per heavy atom. The van der Waals surface area contributed by atoms with Crippen LogP contribution in [0.1, 0.15) is 309 Å². The van der Waals surface area contributed by atoms with Gasteiger partial charge >= 0.3 is 0 Å². The number of aliphatic hydroxyl groups is 11. The van der Waals surface area contributed by atoms with Gasteiger partial charge in [0.25, 0.3) is 0 Å². The average molecular weight is 1360 g/mol. The van der Waals surface area contributed by atoms with Crippen LogP contribution in [0.5, 0.6) is 0 Å². The van der Waals surface area contributed by atoms with Gasteiger partial charge in [0.15, 0.2) is 18.9 Å². The second-order valence-corrected chi connectivity index (χ2v) is 27.8. The van der Waals surface area contributed by atoms with Gasteiger partial charge in [-0.25, -0.2) is 0 Å². The Bertz CT molecular complexity index is 1860. The van der Waals surface area contributed by atoms with Crippen LogP contribution >= 0.6 is 0 Å². The van der Waals surface area contributed by atoms with Crippen LogP contribution in [0.4, 0.5) is 0 Å². The fourth-order valence-electron chi connectivity index (χ4n) is 13.2. The third-order valence-corrected chi connectivity index (χ3v) is 19.5. The number of ether oxygens (including phenoxy) is 6. The van der Waals surface area contributed by atoms with Gasteiger partial charge < -0.3 is 89.9 Å². The first kappa shape index (κ1) is 87.2. The molecule has 558 valence electrons. The predicted molar refractivity (Wildman–Crippen MR) is 374 cm³/mol. The molecule has 0 aromatic heterocycles. The summed E-state index contributed by atoms with van der Waals surface area (Å²) in [6.07, 6.45) is 43.0. The van der Waals surface area contributed by atoms with E-state index in [9.17, 15) is 61.0 Å². The van der Waals surface area contributed by atoms with Crippen LogP contribution in [-0.4, -0.2) is 193 Å². The van der Waals surface area contributed by atoms with Gasteiger partial charge in [-0.3, -0.25) is 4.79 Å². The lowest BCUT2D eigenvalue weighted by Gasteiger charge is -2.48. The van der Waals surface area contributed by atoms with Crippen LogP contribution in [-0.2, 0) is 33.2 Å². The Morgan fingerprint density at radius 3 is 1.08 bits per heavy atom. The molecule has 17 unspecified atom stereocenters. The molecule has 12 N–H and O–H groups in total. The molecule has 0 aromatic rings. The number of amides is 1. The Labute approximate surface area is 574 Å². The van der Waals surface area contributed by atoms with Crippen molar-refractivity contribution < 1.29 is 89.4 Å². The van der Waals surface area contributed by atoms with E-state index in [0.29, 0.717) is 12.8 Å². The molecule has 0 aromatic carbocycles. The molecule has 3 aliphatic rings. The maximum Gasteiger partial charge on any atom is 0.220 e. The van der Waals surface area contributed by atoms with Gasteiger partial charge in [-0.2, -0.15) is 0 Å². The molecular weight excluding hydrogens is 1210 g/mol. The minimum absolute atomic E-state index is 0.240. The third-order valence-electron chi connectivity index (χ3n) is 19.5. The minimum atomic E-state index is -1.97. The monoisotopic (exact) mass is 1360 g/mol. The van der Waals surface area contributed by atoms with E-state index in [4.69, 9.17) is 28.4 Å². The molecule has 0 aliphatic carbocycles. The second-order valence-electron chi connectivity index (χ2n) is 27.8. The van der Waals surface area contributed by atoms with E-state index in [1.165, 1.54) is 218 Å². The van der Waals surface area contributed by atoms with Gasteiger partial charge in [-0.1, -0.05) is 288 Å². The van der Waals surface area contributed by atoms with Crippen LogP contribution < -0.4 is 5.32 Å². The van der Waals surface area contributed by atoms with E-state index in [-0.39, 0.29) is 18.9 Å². The van der Waals surface area contributed by atoms with E-state index < -0.39 is 124 Å². The quantitative estimate of drug-likeness (QED) is 0.0199. The average Bonchev–Trinajstić information content (AvgIpc) is 0.797. The number of aliphatic hydroxyl groups excluding tert-OH is 11. The minimum Gasteiger partial charge on any atom is -0.394 e. The highest BCUT2D eigenvalue weighted by atomic mass is 16.8. The van der Waals surface area contributed by atoms with Gasteiger partial charge in [0.05, 0.1) is 38.6 Å². The summed E-state index contributed by atoms with van der Waals surface area (Å²) in [5.74, 6) is -0.240. The van der Waals surface area contributed by atoms with Crippen molar-refractivity contribution in [3.63, 3.8) is 0 Å². The third kappa shape index (κ3) is 38.6. The van der Waals surface area contributed by atoms with Crippen molar-refractivity contribution >= 4 is 5.91 Å². The first-order valence-electron chi connectivity index (χ1n) is 38.7. The predicted octanol–water partition coefficient (Wildman–Crippen LogP) is 11.9. The zero-order chi connectivity index (χ0) is 68.9. The van der Waals surface area contributed by atoms with Crippen LogP contribution in [0, 0.1) is 0 Å². The fraction of sp³-hybridized carbons (Fsp3) is 0.908. The number of hydrogen-bond acceptors (Lipinski definition) is 18. The molecule has 0 radical (unpaired) electrons. The molecule has 1 amide bonds. The lowest BCUT2D eigenvalue weighted by Crippen LogP contribution is -2.66. The van der Waals surface area contributed by atoms with Crippen LogP contribution in [0.15, 0.2) is 36.5 Å². The van der Waals surface area contributed by atoms with Crippen molar-refractivity contribution in [2.24, 2.45) is 0 Å². The Morgan fingerprint density at radius 1 is 0.379 bits per heavy atom. The molecule has 0 bridgehead atoms. The van der Waals surface area contributed by atoms with Crippen molar-refractivity contribution in [3.8, 4) is 0 Å². The number of carbonyl (C=O) groups is 1. The van der Waals surface area contributed by atoms with E-state index in [1.54, 1.807) is 0 Å². The highest BCUT2D eigenvalue weighted by Gasteiger charge is 2.54. The highest BCUT2D eigenvalue weighted by molar-refractivity contribution is 5.76. The number of nitrogens with one attached hydrogen (secondary N) is 1. The SMILES string of the molecule is CCCCCCC/C=C\C/C=C\C/C=C\CCCCCCCCCCCCCCCCCCCCCCCCCCCCC(=O)NC(COC1OC(CO)C(OC2OC(CO)C(OC3OC(CO)C(O)C(O)C3O)C(O)C2O)C(O)C1O)C(O)CCCCCCCCCCC. The normalized spacial score (nSPS) is 27.4. The van der Waals surface area contributed by atoms with E-state index in [1.807, 2.05) is 0 Å². The largest absolute Gasteiger partial charge is 0.394 e. The number of allylic oxidation sites excluding steroid dienone is 6. The van der Waals surface area contributed by atoms with Crippen molar-refractivity contribution in [2.75, 3.05) is 26.4 Å². The summed E-state index contributed by atoms with van der Waals surface area (Å²) < 4.78 is 34.4. The number of hydrogen-bond donors (Lipinski definition) is 12. The summed E-state index contributed by atoms with van der Waals surface area (Å²) in [7, 11) is 0. The molecule has 95 heavy (non-hydrogen) atoms. The second kappa shape index (κ2) is 57.6. The zero-order valence-electron chi connectivity index (χ0n) is 59.4. The van der Waals surface area contributed by atoms with Crippen molar-refractivity contribution in [2.45, 2.75) is 413 Å². The first-order valence-corrected chi connectivity index (χ1v) is 38.7. The van der Waals surface area contributed by atoms with Crippen molar-refractivity contribution in [1.29, 1.82) is 0 Å². The molecule has 0 saturated carbocycles. The van der Waals surface area contributed by atoms with Gasteiger partial charge in [0, 0.05) is 6.42 Å². The Balaban J connectivity index is 1.23. The maximum absolute atomic E-state index is 13.4. The van der Waals surface area contributed by atoms with Crippen LogP contribution in [0.2, 0.25) is 0 Å². The number of carbonyl (C=O) groups excluding carboxylic acids is 1. The highest BCUT2D eigenvalue weighted by Crippen LogP contribution is 2.33. The van der Waals surface area contributed by atoms with E-state index in [0.717, 1.165) is 57.8 Å².